The Balaban J connectivity index is 1.19. The van der Waals surface area contributed by atoms with Crippen molar-refractivity contribution in [2.45, 2.75) is 45.5 Å². The number of fused-ring (bicyclic) bond motifs is 2. The van der Waals surface area contributed by atoms with Gasteiger partial charge in [-0.15, -0.1) is 11.3 Å². The van der Waals surface area contributed by atoms with E-state index in [1.165, 1.54) is 0 Å². The summed E-state index contributed by atoms with van der Waals surface area (Å²) < 4.78 is 42.3. The van der Waals surface area contributed by atoms with Crippen LogP contribution in [0.15, 0.2) is 29.1 Å². The molecule has 4 aromatic rings. The van der Waals surface area contributed by atoms with Gasteiger partial charge in [0, 0.05) is 43.5 Å². The molecule has 1 aromatic carbocycles. The van der Waals surface area contributed by atoms with Gasteiger partial charge < -0.3 is 10.0 Å². The average molecular weight is 561 g/mol. The van der Waals surface area contributed by atoms with Crippen LogP contribution in [0.2, 0.25) is 0 Å². The van der Waals surface area contributed by atoms with Crippen LogP contribution in [0.25, 0.3) is 21.3 Å². The predicted octanol–water partition coefficient (Wildman–Crippen LogP) is 3.85. The van der Waals surface area contributed by atoms with Crippen LogP contribution in [0.4, 0.5) is 19.0 Å². The van der Waals surface area contributed by atoms with E-state index in [0.29, 0.717) is 16.0 Å². The van der Waals surface area contributed by atoms with E-state index in [2.05, 4.69) is 31.9 Å². The fourth-order valence-electron chi connectivity index (χ4n) is 6.32. The van der Waals surface area contributed by atoms with Crippen molar-refractivity contribution in [1.29, 1.82) is 0 Å². The number of halogens is 3. The molecule has 3 aromatic heterocycles. The molecule has 8 nitrogen and oxygen atoms in total. The van der Waals surface area contributed by atoms with Gasteiger partial charge in [0.25, 0.3) is 0 Å². The van der Waals surface area contributed by atoms with Crippen molar-refractivity contribution >= 4 is 38.4 Å². The van der Waals surface area contributed by atoms with Crippen LogP contribution in [0, 0.1) is 12.3 Å². The first kappa shape index (κ1) is 26.3. The second-order valence-corrected chi connectivity index (χ2v) is 12.1. The molecule has 2 saturated heterocycles. The Kier molecular flexibility index (Phi) is 6.47. The molecule has 2 aliphatic heterocycles. The highest BCUT2D eigenvalue weighted by Crippen LogP contribution is 2.43. The summed E-state index contributed by atoms with van der Waals surface area (Å²) in [6.45, 7) is 6.28. The topological polar surface area (TPSA) is 79.4 Å². The van der Waals surface area contributed by atoms with Gasteiger partial charge in [-0.05, 0) is 50.1 Å². The number of alkyl halides is 3. The van der Waals surface area contributed by atoms with Crippen molar-refractivity contribution in [3.63, 3.8) is 0 Å². The number of nitrogens with zero attached hydrogens (tertiary/aromatic N) is 6. The molecule has 2 fully saturated rings. The second-order valence-electron chi connectivity index (χ2n) is 11.0. The third kappa shape index (κ3) is 4.93. The van der Waals surface area contributed by atoms with Gasteiger partial charge >= 0.3 is 11.9 Å². The number of likely N-dealkylation sites (tertiary alicyclic amines) is 1. The van der Waals surface area contributed by atoms with Crippen LogP contribution in [0.3, 0.4) is 0 Å². The molecule has 39 heavy (non-hydrogen) atoms. The van der Waals surface area contributed by atoms with Gasteiger partial charge in [0.05, 0.1) is 36.0 Å². The zero-order valence-corrected chi connectivity index (χ0v) is 22.8. The number of imidazole rings is 1. The SMILES string of the molecule is Cc1nc(N2CCC3(CCN(Cc4ccc5c(c4)n(C)c(=O)n5CCO)C3)C2)c2cc(CC(F)(F)F)sc2n1. The lowest BCUT2D eigenvalue weighted by molar-refractivity contribution is -0.126. The van der Waals surface area contributed by atoms with E-state index in [1.54, 1.807) is 29.2 Å². The van der Waals surface area contributed by atoms with Gasteiger partial charge in [-0.25, -0.2) is 14.8 Å². The Morgan fingerprint density at radius 3 is 2.67 bits per heavy atom. The highest BCUT2D eigenvalue weighted by molar-refractivity contribution is 7.18. The lowest BCUT2D eigenvalue weighted by Crippen LogP contribution is -2.31. The van der Waals surface area contributed by atoms with Crippen molar-refractivity contribution in [3.8, 4) is 0 Å². The van der Waals surface area contributed by atoms with E-state index in [4.69, 9.17) is 0 Å². The number of hydrogen-bond acceptors (Lipinski definition) is 7. The zero-order valence-electron chi connectivity index (χ0n) is 22.0. The van der Waals surface area contributed by atoms with E-state index in [0.717, 1.165) is 79.3 Å². The molecule has 0 aliphatic carbocycles. The molecular weight excluding hydrogens is 529 g/mol. The van der Waals surface area contributed by atoms with Crippen LogP contribution in [-0.2, 0) is 26.6 Å². The molecule has 208 valence electrons. The summed E-state index contributed by atoms with van der Waals surface area (Å²) in [5.74, 6) is 1.32. The number of hydrogen-bond donors (Lipinski definition) is 1. The molecule has 1 unspecified atom stereocenters. The van der Waals surface area contributed by atoms with Gasteiger partial charge in [0.1, 0.15) is 16.5 Å². The Morgan fingerprint density at radius 2 is 1.90 bits per heavy atom. The predicted molar refractivity (Wildman–Crippen MR) is 145 cm³/mol. The summed E-state index contributed by atoms with van der Waals surface area (Å²) in [4.78, 5) is 27.2. The highest BCUT2D eigenvalue weighted by Gasteiger charge is 2.44. The number of thiophene rings is 1. The van der Waals surface area contributed by atoms with Crippen LogP contribution in [0.5, 0.6) is 0 Å². The molecule has 1 atom stereocenters. The fraction of sp³-hybridized carbons (Fsp3) is 0.519. The minimum atomic E-state index is -4.25. The minimum Gasteiger partial charge on any atom is -0.395 e. The molecule has 1 N–H and O–H groups in total. The van der Waals surface area contributed by atoms with Crippen LogP contribution < -0.4 is 10.6 Å². The van der Waals surface area contributed by atoms with Crippen molar-refractivity contribution in [2.75, 3.05) is 37.7 Å². The lowest BCUT2D eigenvalue weighted by Gasteiger charge is -2.25. The molecule has 0 radical (unpaired) electrons. The Labute approximate surface area is 227 Å². The van der Waals surface area contributed by atoms with E-state index in [9.17, 15) is 23.1 Å². The minimum absolute atomic E-state index is 0.0884. The molecule has 5 heterocycles. The number of aliphatic hydroxyl groups is 1. The van der Waals surface area contributed by atoms with Gasteiger partial charge in [-0.3, -0.25) is 14.0 Å². The number of aryl methyl sites for hydroxylation is 2. The monoisotopic (exact) mass is 560 g/mol. The van der Waals surface area contributed by atoms with E-state index >= 15 is 0 Å². The largest absolute Gasteiger partial charge is 0.395 e. The van der Waals surface area contributed by atoms with Crippen molar-refractivity contribution in [1.82, 2.24) is 24.0 Å². The van der Waals surface area contributed by atoms with Crippen LogP contribution in [-0.4, -0.2) is 68.1 Å². The van der Waals surface area contributed by atoms with E-state index < -0.39 is 12.6 Å². The summed E-state index contributed by atoms with van der Waals surface area (Å²) in [7, 11) is 1.76. The third-order valence-electron chi connectivity index (χ3n) is 8.10. The number of aliphatic hydroxyl groups excluding tert-OH is 1. The standard InChI is InChI=1S/C27H31F3N6O2S/c1-17-31-23(20-12-19(13-27(28,29)30)39-24(20)32-17)35-8-6-26(16-35)5-7-34(15-26)14-18-3-4-21-22(11-18)33(2)25(38)36(21)9-10-37/h3-4,11-12,37H,5-10,13-16H2,1-2H3. The quantitative estimate of drug-likeness (QED) is 0.386. The summed E-state index contributed by atoms with van der Waals surface area (Å²) in [5.41, 5.74) is 2.79. The third-order valence-corrected chi connectivity index (χ3v) is 9.13. The highest BCUT2D eigenvalue weighted by atomic mass is 32.1. The smallest absolute Gasteiger partial charge is 0.393 e. The maximum atomic E-state index is 13.0. The normalized spacial score (nSPS) is 20.4. The molecule has 6 rings (SSSR count). The molecule has 0 bridgehead atoms. The number of aromatic nitrogens is 4. The fourth-order valence-corrected chi connectivity index (χ4v) is 7.42. The molecular formula is C27H31F3N6O2S. The van der Waals surface area contributed by atoms with Crippen molar-refractivity contribution < 1.29 is 18.3 Å². The van der Waals surface area contributed by atoms with Crippen molar-refractivity contribution in [2.24, 2.45) is 12.5 Å². The zero-order chi connectivity index (χ0) is 27.5. The Hall–Kier alpha value is -2.96. The van der Waals surface area contributed by atoms with Gasteiger partial charge in [-0.2, -0.15) is 13.2 Å². The maximum Gasteiger partial charge on any atom is 0.393 e. The summed E-state index contributed by atoms with van der Waals surface area (Å²) in [6.07, 6.45) is -3.15. The van der Waals surface area contributed by atoms with Gasteiger partial charge in [-0.1, -0.05) is 6.07 Å². The van der Waals surface area contributed by atoms with E-state index in [-0.39, 0.29) is 29.1 Å². The molecule has 0 saturated carbocycles. The molecule has 12 heteroatoms. The lowest BCUT2D eigenvalue weighted by atomic mass is 9.86. The Bertz CT molecular complexity index is 1610. The van der Waals surface area contributed by atoms with E-state index in [1.807, 2.05) is 6.07 Å². The maximum absolute atomic E-state index is 13.0. The van der Waals surface area contributed by atoms with Crippen molar-refractivity contribution in [3.05, 3.63) is 51.0 Å². The van der Waals surface area contributed by atoms with Crippen LogP contribution >= 0.6 is 11.3 Å². The first-order valence-corrected chi connectivity index (χ1v) is 14.0. The molecule has 0 amide bonds. The van der Waals surface area contributed by atoms with Gasteiger partial charge in [0.2, 0.25) is 0 Å². The Morgan fingerprint density at radius 1 is 1.10 bits per heavy atom. The molecule has 1 spiro atoms. The first-order valence-electron chi connectivity index (χ1n) is 13.1. The number of benzene rings is 1. The second kappa shape index (κ2) is 9.60. The van der Waals surface area contributed by atoms with Crippen LogP contribution in [0.1, 0.15) is 29.1 Å². The summed E-state index contributed by atoms with van der Waals surface area (Å²) in [6, 6.07) is 7.69. The summed E-state index contributed by atoms with van der Waals surface area (Å²) in [5, 5.41) is 10.0. The van der Waals surface area contributed by atoms with Gasteiger partial charge in [0.15, 0.2) is 0 Å². The number of anilines is 1. The average Bonchev–Trinajstić information content (AvgIpc) is 3.62. The first-order chi connectivity index (χ1) is 18.5. The molecule has 2 aliphatic rings. The number of rotatable bonds is 6. The summed E-state index contributed by atoms with van der Waals surface area (Å²) >= 11 is 1.10.